The molecule has 0 saturated carbocycles. The molecule has 0 amide bonds. The number of aryl methyl sites for hydroxylation is 2. The van der Waals surface area contributed by atoms with E-state index in [0.717, 1.165) is 27.5 Å². The minimum Gasteiger partial charge on any atom is -0.493 e. The van der Waals surface area contributed by atoms with Crippen LogP contribution < -0.4 is 9.47 Å². The molecule has 8 heteroatoms. The lowest BCUT2D eigenvalue weighted by Crippen LogP contribution is -2.09. The summed E-state index contributed by atoms with van der Waals surface area (Å²) in [5.41, 5.74) is 4.25. The predicted octanol–water partition coefficient (Wildman–Crippen LogP) is 3.46. The van der Waals surface area contributed by atoms with E-state index in [1.807, 2.05) is 44.5 Å². The standard InChI is InChI=1S/C20H23N3O4S/c1-12-16(13(2)23(3)22-12)9-18(24)27-10-14-11-28-20(21-14)15-7-6-8-17(25-4)19(15)26-5/h6-8,11H,9-10H2,1-5H3. The molecule has 0 aliphatic rings. The largest absolute Gasteiger partial charge is 0.493 e. The third kappa shape index (κ3) is 4.01. The van der Waals surface area contributed by atoms with E-state index in [-0.39, 0.29) is 19.0 Å². The zero-order chi connectivity index (χ0) is 20.3. The van der Waals surface area contributed by atoms with Crippen LogP contribution in [0.3, 0.4) is 0 Å². The van der Waals surface area contributed by atoms with Gasteiger partial charge in [-0.15, -0.1) is 11.3 Å². The van der Waals surface area contributed by atoms with Crippen molar-refractivity contribution in [2.24, 2.45) is 7.05 Å². The molecule has 2 heterocycles. The van der Waals surface area contributed by atoms with Gasteiger partial charge in [0.2, 0.25) is 0 Å². The summed E-state index contributed by atoms with van der Waals surface area (Å²) in [5.74, 6) is 0.975. The van der Waals surface area contributed by atoms with Crippen molar-refractivity contribution in [1.29, 1.82) is 0 Å². The Labute approximate surface area is 167 Å². The molecule has 0 bridgehead atoms. The van der Waals surface area contributed by atoms with Crippen molar-refractivity contribution in [2.75, 3.05) is 14.2 Å². The minimum absolute atomic E-state index is 0.125. The molecular formula is C20H23N3O4S. The summed E-state index contributed by atoms with van der Waals surface area (Å²) >= 11 is 1.46. The molecule has 0 fully saturated rings. The second-order valence-corrected chi connectivity index (χ2v) is 7.15. The molecule has 28 heavy (non-hydrogen) atoms. The molecule has 0 aliphatic heterocycles. The van der Waals surface area contributed by atoms with E-state index >= 15 is 0 Å². The highest BCUT2D eigenvalue weighted by Crippen LogP contribution is 2.39. The molecule has 2 aromatic heterocycles. The number of aromatic nitrogens is 3. The quantitative estimate of drug-likeness (QED) is 0.565. The Morgan fingerprint density at radius 3 is 2.64 bits per heavy atom. The first-order chi connectivity index (χ1) is 13.4. The Kier molecular flexibility index (Phi) is 5.99. The van der Waals surface area contributed by atoms with Gasteiger partial charge in [-0.2, -0.15) is 5.10 Å². The van der Waals surface area contributed by atoms with Gasteiger partial charge >= 0.3 is 5.97 Å². The summed E-state index contributed by atoms with van der Waals surface area (Å²) in [6, 6.07) is 5.64. The first kappa shape index (κ1) is 19.9. The van der Waals surface area contributed by atoms with Crippen LogP contribution in [0.2, 0.25) is 0 Å². The highest BCUT2D eigenvalue weighted by atomic mass is 32.1. The van der Waals surface area contributed by atoms with Crippen LogP contribution >= 0.6 is 11.3 Å². The first-order valence-corrected chi connectivity index (χ1v) is 9.63. The van der Waals surface area contributed by atoms with Crippen LogP contribution in [0, 0.1) is 13.8 Å². The number of para-hydroxylation sites is 1. The van der Waals surface area contributed by atoms with Gasteiger partial charge in [-0.05, 0) is 26.0 Å². The second-order valence-electron chi connectivity index (χ2n) is 6.30. The number of carbonyl (C=O) groups excluding carboxylic acids is 1. The number of hydrogen-bond donors (Lipinski definition) is 0. The summed E-state index contributed by atoms with van der Waals surface area (Å²) in [7, 11) is 5.06. The molecule has 0 saturated heterocycles. The normalized spacial score (nSPS) is 10.8. The Balaban J connectivity index is 1.68. The van der Waals surface area contributed by atoms with E-state index in [1.54, 1.807) is 18.9 Å². The maximum atomic E-state index is 12.2. The van der Waals surface area contributed by atoms with Crippen LogP contribution in [0.25, 0.3) is 10.6 Å². The number of carbonyl (C=O) groups is 1. The molecule has 148 valence electrons. The number of thiazole rings is 1. The van der Waals surface area contributed by atoms with E-state index in [4.69, 9.17) is 14.2 Å². The maximum Gasteiger partial charge on any atom is 0.310 e. The molecule has 0 atom stereocenters. The van der Waals surface area contributed by atoms with E-state index in [9.17, 15) is 4.79 Å². The van der Waals surface area contributed by atoms with Crippen molar-refractivity contribution < 1.29 is 19.0 Å². The van der Waals surface area contributed by atoms with Gasteiger partial charge in [0.05, 0.1) is 37.6 Å². The molecule has 0 unspecified atom stereocenters. The molecular weight excluding hydrogens is 378 g/mol. The zero-order valence-corrected chi connectivity index (χ0v) is 17.4. The van der Waals surface area contributed by atoms with Gasteiger partial charge in [0.15, 0.2) is 11.5 Å². The fraction of sp³-hybridized carbons (Fsp3) is 0.350. The van der Waals surface area contributed by atoms with Gasteiger partial charge in [-0.1, -0.05) is 6.07 Å². The monoisotopic (exact) mass is 401 g/mol. The van der Waals surface area contributed by atoms with Crippen LogP contribution in [0.4, 0.5) is 0 Å². The molecule has 0 N–H and O–H groups in total. The molecule has 0 radical (unpaired) electrons. The third-order valence-corrected chi connectivity index (χ3v) is 5.47. The topological polar surface area (TPSA) is 75.5 Å². The number of rotatable bonds is 7. The number of esters is 1. The van der Waals surface area contributed by atoms with Crippen LogP contribution in [-0.2, 0) is 29.6 Å². The highest BCUT2D eigenvalue weighted by Gasteiger charge is 2.17. The fourth-order valence-corrected chi connectivity index (χ4v) is 3.80. The van der Waals surface area contributed by atoms with Gasteiger partial charge in [0, 0.05) is 23.7 Å². The van der Waals surface area contributed by atoms with Crippen molar-refractivity contribution in [3.05, 3.63) is 46.2 Å². The number of ether oxygens (including phenoxy) is 3. The van der Waals surface area contributed by atoms with Gasteiger partial charge in [-0.25, -0.2) is 4.98 Å². The van der Waals surface area contributed by atoms with Gasteiger partial charge in [0.1, 0.15) is 11.6 Å². The second kappa shape index (κ2) is 8.43. The Bertz CT molecular complexity index is 993. The SMILES string of the molecule is COc1cccc(-c2nc(COC(=O)Cc3c(C)nn(C)c3C)cs2)c1OC. The third-order valence-electron chi connectivity index (χ3n) is 4.55. The van der Waals surface area contributed by atoms with Crippen molar-refractivity contribution in [1.82, 2.24) is 14.8 Å². The van der Waals surface area contributed by atoms with E-state index in [2.05, 4.69) is 10.1 Å². The minimum atomic E-state index is -0.298. The van der Waals surface area contributed by atoms with Crippen LogP contribution in [0.5, 0.6) is 11.5 Å². The fourth-order valence-electron chi connectivity index (χ4n) is 2.98. The smallest absolute Gasteiger partial charge is 0.310 e. The Morgan fingerprint density at radius 2 is 2.00 bits per heavy atom. The van der Waals surface area contributed by atoms with Gasteiger partial charge in [0.25, 0.3) is 0 Å². The summed E-state index contributed by atoms with van der Waals surface area (Å²) in [6.07, 6.45) is 0.201. The van der Waals surface area contributed by atoms with Crippen LogP contribution in [0.15, 0.2) is 23.6 Å². The predicted molar refractivity (Wildman–Crippen MR) is 107 cm³/mol. The Hall–Kier alpha value is -2.87. The summed E-state index contributed by atoms with van der Waals surface area (Å²) in [6.45, 7) is 3.96. The first-order valence-electron chi connectivity index (χ1n) is 8.75. The van der Waals surface area contributed by atoms with Gasteiger partial charge in [-0.3, -0.25) is 9.48 Å². The van der Waals surface area contributed by atoms with Crippen molar-refractivity contribution in [3.63, 3.8) is 0 Å². The number of benzene rings is 1. The van der Waals surface area contributed by atoms with E-state index in [1.165, 1.54) is 11.3 Å². The zero-order valence-electron chi connectivity index (χ0n) is 16.6. The van der Waals surface area contributed by atoms with E-state index < -0.39 is 0 Å². The molecule has 3 rings (SSSR count). The molecule has 0 aliphatic carbocycles. The van der Waals surface area contributed by atoms with Crippen LogP contribution in [-0.4, -0.2) is 35.0 Å². The number of methoxy groups -OCH3 is 2. The van der Waals surface area contributed by atoms with Crippen molar-refractivity contribution >= 4 is 17.3 Å². The molecule has 7 nitrogen and oxygen atoms in total. The summed E-state index contributed by atoms with van der Waals surface area (Å²) in [4.78, 5) is 16.8. The van der Waals surface area contributed by atoms with Crippen LogP contribution in [0.1, 0.15) is 22.6 Å². The lowest BCUT2D eigenvalue weighted by atomic mass is 10.1. The average Bonchev–Trinajstić information content (AvgIpc) is 3.26. The maximum absolute atomic E-state index is 12.2. The Morgan fingerprint density at radius 1 is 1.21 bits per heavy atom. The van der Waals surface area contributed by atoms with E-state index in [0.29, 0.717) is 17.2 Å². The summed E-state index contributed by atoms with van der Waals surface area (Å²) < 4.78 is 18.0. The summed E-state index contributed by atoms with van der Waals surface area (Å²) in [5, 5.41) is 6.98. The molecule has 0 spiro atoms. The molecule has 3 aromatic rings. The molecule has 1 aromatic carbocycles. The van der Waals surface area contributed by atoms with Crippen molar-refractivity contribution in [3.8, 4) is 22.1 Å². The highest BCUT2D eigenvalue weighted by molar-refractivity contribution is 7.13. The average molecular weight is 401 g/mol. The number of nitrogens with zero attached hydrogens (tertiary/aromatic N) is 3. The van der Waals surface area contributed by atoms with Crippen molar-refractivity contribution in [2.45, 2.75) is 26.9 Å². The number of hydrogen-bond acceptors (Lipinski definition) is 7. The lowest BCUT2D eigenvalue weighted by Gasteiger charge is -2.10. The lowest BCUT2D eigenvalue weighted by molar-refractivity contribution is -0.144. The van der Waals surface area contributed by atoms with Gasteiger partial charge < -0.3 is 14.2 Å².